The first-order valence-electron chi connectivity index (χ1n) is 5.26. The van der Waals surface area contributed by atoms with E-state index in [0.29, 0.717) is 5.88 Å². The lowest BCUT2D eigenvalue weighted by molar-refractivity contribution is 0.136. The van der Waals surface area contributed by atoms with Crippen molar-refractivity contribution in [1.29, 1.82) is 0 Å². The maximum absolute atomic E-state index is 11.8. The Hall–Kier alpha value is -1.18. The Labute approximate surface area is 101 Å². The van der Waals surface area contributed by atoms with Gasteiger partial charge in [-0.2, -0.15) is 0 Å². The molecule has 0 spiro atoms. The van der Waals surface area contributed by atoms with Crippen molar-refractivity contribution in [3.8, 4) is 5.88 Å². The van der Waals surface area contributed by atoms with E-state index in [2.05, 4.69) is 10.3 Å². The zero-order valence-electron chi connectivity index (χ0n) is 9.75. The van der Waals surface area contributed by atoms with E-state index in [1.54, 1.807) is 6.07 Å². The van der Waals surface area contributed by atoms with Crippen molar-refractivity contribution in [2.75, 3.05) is 27.2 Å². The Bertz CT molecular complexity index is 480. The highest BCUT2D eigenvalue weighted by molar-refractivity contribution is 7.89. The van der Waals surface area contributed by atoms with E-state index in [1.807, 2.05) is 0 Å². The van der Waals surface area contributed by atoms with Gasteiger partial charge in [-0.25, -0.2) is 17.7 Å². The summed E-state index contributed by atoms with van der Waals surface area (Å²) in [4.78, 5) is 4.16. The van der Waals surface area contributed by atoms with E-state index in [1.165, 1.54) is 26.4 Å². The fraction of sp³-hybridized carbons (Fsp3) is 0.500. The maximum Gasteiger partial charge on any atom is 0.244 e. The Kier molecular flexibility index (Phi) is 3.32. The van der Waals surface area contributed by atoms with Gasteiger partial charge in [-0.1, -0.05) is 0 Å². The molecule has 7 heteroatoms. The maximum atomic E-state index is 11.8. The Balaban J connectivity index is 2.12. The highest BCUT2D eigenvalue weighted by Crippen LogP contribution is 2.16. The highest BCUT2D eigenvalue weighted by atomic mass is 32.2. The quantitative estimate of drug-likeness (QED) is 0.800. The van der Waals surface area contributed by atoms with Gasteiger partial charge in [0.05, 0.1) is 6.20 Å². The number of hydrogen-bond acceptors (Lipinski definition) is 5. The molecular weight excluding hydrogens is 242 g/mol. The first kappa shape index (κ1) is 12.3. The molecule has 0 atom stereocenters. The minimum Gasteiger partial charge on any atom is -0.472 e. The van der Waals surface area contributed by atoms with Crippen LogP contribution >= 0.6 is 0 Å². The fourth-order valence-corrected chi connectivity index (χ4v) is 2.16. The molecule has 1 aliphatic rings. The molecule has 0 aromatic carbocycles. The molecule has 1 aromatic rings. The average molecular weight is 257 g/mol. The summed E-state index contributed by atoms with van der Waals surface area (Å²) in [6.45, 7) is 1.61. The second kappa shape index (κ2) is 4.59. The second-order valence-corrected chi connectivity index (χ2v) is 6.17. The predicted molar refractivity (Wildman–Crippen MR) is 62.4 cm³/mol. The van der Waals surface area contributed by atoms with Crippen LogP contribution in [0.25, 0.3) is 0 Å². The molecule has 1 aromatic heterocycles. The van der Waals surface area contributed by atoms with E-state index >= 15 is 0 Å². The highest BCUT2D eigenvalue weighted by Gasteiger charge is 2.20. The molecule has 94 valence electrons. The first-order chi connectivity index (χ1) is 8.00. The van der Waals surface area contributed by atoms with Gasteiger partial charge in [0.1, 0.15) is 11.0 Å². The molecule has 1 aliphatic heterocycles. The number of ether oxygens (including phenoxy) is 1. The van der Waals surface area contributed by atoms with Gasteiger partial charge in [0, 0.05) is 33.3 Å². The molecule has 2 heterocycles. The molecular formula is C10H15N3O3S. The summed E-state index contributed by atoms with van der Waals surface area (Å²) < 4.78 is 30.2. The SMILES string of the molecule is CN(C)S(=O)(=O)c1ccc(OC2CNC2)nc1. The van der Waals surface area contributed by atoms with E-state index in [9.17, 15) is 8.42 Å². The van der Waals surface area contributed by atoms with Crippen molar-refractivity contribution in [3.05, 3.63) is 18.3 Å². The Morgan fingerprint density at radius 3 is 2.53 bits per heavy atom. The molecule has 6 nitrogen and oxygen atoms in total. The summed E-state index contributed by atoms with van der Waals surface area (Å²) in [5.74, 6) is 0.453. The molecule has 1 fully saturated rings. The number of sulfonamides is 1. The van der Waals surface area contributed by atoms with Gasteiger partial charge in [0.25, 0.3) is 0 Å². The van der Waals surface area contributed by atoms with Crippen molar-refractivity contribution in [3.63, 3.8) is 0 Å². The van der Waals surface area contributed by atoms with Gasteiger partial charge in [-0.15, -0.1) is 0 Å². The van der Waals surface area contributed by atoms with Crippen molar-refractivity contribution in [2.45, 2.75) is 11.0 Å². The zero-order chi connectivity index (χ0) is 12.5. The summed E-state index contributed by atoms with van der Waals surface area (Å²) in [6, 6.07) is 3.08. The number of hydrogen-bond donors (Lipinski definition) is 1. The molecule has 0 saturated carbocycles. The van der Waals surface area contributed by atoms with Gasteiger partial charge in [-0.05, 0) is 6.07 Å². The second-order valence-electron chi connectivity index (χ2n) is 4.02. The van der Waals surface area contributed by atoms with Crippen LogP contribution in [-0.4, -0.2) is 51.0 Å². The Morgan fingerprint density at radius 2 is 2.12 bits per heavy atom. The minimum absolute atomic E-state index is 0.138. The van der Waals surface area contributed by atoms with E-state index in [-0.39, 0.29) is 11.0 Å². The fourth-order valence-electron chi connectivity index (χ4n) is 1.32. The van der Waals surface area contributed by atoms with Crippen LogP contribution in [0.5, 0.6) is 5.88 Å². The van der Waals surface area contributed by atoms with Crippen LogP contribution in [0.2, 0.25) is 0 Å². The monoisotopic (exact) mass is 257 g/mol. The summed E-state index contributed by atoms with van der Waals surface area (Å²) in [6.07, 6.45) is 1.45. The van der Waals surface area contributed by atoms with Crippen molar-refractivity contribution < 1.29 is 13.2 Å². The lowest BCUT2D eigenvalue weighted by Gasteiger charge is -2.27. The van der Waals surface area contributed by atoms with Crippen molar-refractivity contribution in [2.24, 2.45) is 0 Å². The topological polar surface area (TPSA) is 71.5 Å². The first-order valence-corrected chi connectivity index (χ1v) is 6.70. The van der Waals surface area contributed by atoms with Gasteiger partial charge in [0.2, 0.25) is 15.9 Å². The van der Waals surface area contributed by atoms with Crippen LogP contribution in [0.4, 0.5) is 0 Å². The zero-order valence-corrected chi connectivity index (χ0v) is 10.6. The molecule has 1 saturated heterocycles. The number of nitrogens with zero attached hydrogens (tertiary/aromatic N) is 2. The van der Waals surface area contributed by atoms with E-state index in [0.717, 1.165) is 17.4 Å². The molecule has 1 N–H and O–H groups in total. The third-order valence-corrected chi connectivity index (χ3v) is 4.32. The number of nitrogens with one attached hydrogen (secondary N) is 1. The normalized spacial score (nSPS) is 16.9. The van der Waals surface area contributed by atoms with Crippen molar-refractivity contribution >= 4 is 10.0 Å². The summed E-state index contributed by atoms with van der Waals surface area (Å²) >= 11 is 0. The summed E-state index contributed by atoms with van der Waals surface area (Å²) in [5, 5.41) is 3.08. The van der Waals surface area contributed by atoms with E-state index < -0.39 is 10.0 Å². The van der Waals surface area contributed by atoms with Crippen LogP contribution in [-0.2, 0) is 10.0 Å². The third kappa shape index (κ3) is 2.56. The molecule has 2 rings (SSSR count). The minimum atomic E-state index is -3.41. The van der Waals surface area contributed by atoms with Crippen molar-refractivity contribution in [1.82, 2.24) is 14.6 Å². The lowest BCUT2D eigenvalue weighted by Crippen LogP contribution is -2.50. The predicted octanol–water partition coefficient (Wildman–Crippen LogP) is -0.317. The molecule has 0 unspecified atom stereocenters. The smallest absolute Gasteiger partial charge is 0.244 e. The molecule has 0 bridgehead atoms. The van der Waals surface area contributed by atoms with Gasteiger partial charge in [0.15, 0.2) is 0 Å². The summed E-state index contributed by atoms with van der Waals surface area (Å²) in [5.41, 5.74) is 0. The van der Waals surface area contributed by atoms with Crippen LogP contribution in [0.3, 0.4) is 0 Å². The molecule has 0 radical (unpaired) electrons. The summed E-state index contributed by atoms with van der Waals surface area (Å²) in [7, 11) is -0.439. The van der Waals surface area contributed by atoms with Crippen LogP contribution in [0.15, 0.2) is 23.2 Å². The van der Waals surface area contributed by atoms with Crippen LogP contribution in [0, 0.1) is 0 Å². The largest absolute Gasteiger partial charge is 0.472 e. The standard InChI is InChI=1S/C10H15N3O3S/c1-13(2)17(14,15)9-3-4-10(12-7-9)16-8-5-11-6-8/h3-4,7-8,11H,5-6H2,1-2H3. The lowest BCUT2D eigenvalue weighted by atomic mass is 10.2. The van der Waals surface area contributed by atoms with E-state index in [4.69, 9.17) is 4.74 Å². The van der Waals surface area contributed by atoms with Gasteiger partial charge < -0.3 is 10.1 Å². The number of aromatic nitrogens is 1. The average Bonchev–Trinajstić information content (AvgIpc) is 2.24. The molecule has 0 aliphatic carbocycles. The number of rotatable bonds is 4. The van der Waals surface area contributed by atoms with Gasteiger partial charge in [-0.3, -0.25) is 0 Å². The van der Waals surface area contributed by atoms with Gasteiger partial charge >= 0.3 is 0 Å². The number of pyridine rings is 1. The van der Waals surface area contributed by atoms with Crippen LogP contribution in [0.1, 0.15) is 0 Å². The third-order valence-electron chi connectivity index (χ3n) is 2.52. The molecule has 0 amide bonds. The Morgan fingerprint density at radius 1 is 1.41 bits per heavy atom. The van der Waals surface area contributed by atoms with Crippen LogP contribution < -0.4 is 10.1 Å². The molecule has 17 heavy (non-hydrogen) atoms.